The minimum Gasteiger partial charge on any atom is -0.461 e. The molecule has 21 heavy (non-hydrogen) atoms. The predicted octanol–water partition coefficient (Wildman–Crippen LogP) is 3.54. The summed E-state index contributed by atoms with van der Waals surface area (Å²) in [4.78, 5) is 12.4. The molecule has 0 fully saturated rings. The van der Waals surface area contributed by atoms with Crippen LogP contribution < -0.4 is 0 Å². The summed E-state index contributed by atoms with van der Waals surface area (Å²) >= 11 is 0. The number of carbonyl (C=O) groups excluding carboxylic acids is 1. The van der Waals surface area contributed by atoms with Crippen molar-refractivity contribution in [2.75, 3.05) is 0 Å². The average molecular weight is 288 g/mol. The molecular weight excluding hydrogens is 264 g/mol. The fourth-order valence-electron chi connectivity index (χ4n) is 2.91. The Morgan fingerprint density at radius 1 is 1.33 bits per heavy atom. The number of benzene rings is 1. The molecule has 0 aliphatic heterocycles. The van der Waals surface area contributed by atoms with Gasteiger partial charge in [-0.1, -0.05) is 38.6 Å². The molecule has 3 heteroatoms. The molecule has 0 bridgehead atoms. The number of esters is 1. The largest absolute Gasteiger partial charge is 0.461 e. The smallest absolute Gasteiger partial charge is 0.343 e. The van der Waals surface area contributed by atoms with Gasteiger partial charge in [0, 0.05) is 0 Å². The van der Waals surface area contributed by atoms with E-state index in [1.807, 2.05) is 18.2 Å². The molecule has 1 aromatic rings. The number of fused-ring (bicyclic) bond motifs is 1. The first-order valence-electron chi connectivity index (χ1n) is 7.41. The van der Waals surface area contributed by atoms with Crippen LogP contribution in [0.25, 0.3) is 6.08 Å². The molecule has 0 amide bonds. The maximum absolute atomic E-state index is 12.4. The van der Waals surface area contributed by atoms with Gasteiger partial charge in [-0.3, -0.25) is 0 Å². The molecule has 1 atom stereocenters. The lowest BCUT2D eigenvalue weighted by molar-refractivity contribution is -0.173. The minimum absolute atomic E-state index is 0.0701. The van der Waals surface area contributed by atoms with Gasteiger partial charge in [0.25, 0.3) is 0 Å². The third-order valence-corrected chi connectivity index (χ3v) is 4.25. The van der Waals surface area contributed by atoms with Crippen LogP contribution in [-0.2, 0) is 20.5 Å². The molecule has 0 aromatic heterocycles. The van der Waals surface area contributed by atoms with Gasteiger partial charge < -0.3 is 9.84 Å². The molecule has 3 nitrogen and oxygen atoms in total. The molecule has 1 aliphatic carbocycles. The lowest BCUT2D eigenvalue weighted by atomic mass is 9.66. The molecular formula is C18H24O3. The Hall–Kier alpha value is -1.61. The summed E-state index contributed by atoms with van der Waals surface area (Å²) in [7, 11) is 0. The van der Waals surface area contributed by atoms with Gasteiger partial charge in [-0.05, 0) is 54.9 Å². The van der Waals surface area contributed by atoms with Gasteiger partial charge in [-0.2, -0.15) is 0 Å². The number of aliphatic hydroxyl groups is 1. The topological polar surface area (TPSA) is 46.5 Å². The van der Waals surface area contributed by atoms with Crippen LogP contribution in [0.4, 0.5) is 0 Å². The quantitative estimate of drug-likeness (QED) is 0.865. The molecule has 114 valence electrons. The van der Waals surface area contributed by atoms with Gasteiger partial charge in [0.05, 0.1) is 6.10 Å². The van der Waals surface area contributed by atoms with Crippen molar-refractivity contribution in [1.29, 1.82) is 0 Å². The zero-order valence-corrected chi connectivity index (χ0v) is 13.3. The molecule has 1 aromatic carbocycles. The van der Waals surface area contributed by atoms with Crippen molar-refractivity contribution in [3.8, 4) is 0 Å². The molecule has 1 N–H and O–H groups in total. The molecule has 0 saturated carbocycles. The van der Waals surface area contributed by atoms with E-state index < -0.39 is 11.6 Å². The van der Waals surface area contributed by atoms with Gasteiger partial charge in [-0.15, -0.1) is 0 Å². The number of ether oxygens (including phenoxy) is 1. The molecule has 1 unspecified atom stereocenters. The van der Waals surface area contributed by atoms with Crippen LogP contribution >= 0.6 is 0 Å². The summed E-state index contributed by atoms with van der Waals surface area (Å²) in [5.41, 5.74) is 0.916. The Balaban J connectivity index is 2.57. The third kappa shape index (κ3) is 2.75. The molecule has 1 aliphatic rings. The second-order valence-electron chi connectivity index (χ2n) is 6.71. The molecule has 2 rings (SSSR count). The summed E-state index contributed by atoms with van der Waals surface area (Å²) in [6, 6.07) is 5.80. The fraction of sp³-hybridized carbons (Fsp3) is 0.500. The number of hydrogen-bond donors (Lipinski definition) is 1. The lowest BCUT2D eigenvalue weighted by Crippen LogP contribution is -2.45. The average Bonchev–Trinajstić information content (AvgIpc) is 2.42. The van der Waals surface area contributed by atoms with Crippen molar-refractivity contribution >= 4 is 12.0 Å². The first-order valence-corrected chi connectivity index (χ1v) is 7.41. The summed E-state index contributed by atoms with van der Waals surface area (Å²) in [6.07, 6.45) is 2.58. The van der Waals surface area contributed by atoms with Crippen molar-refractivity contribution in [2.45, 2.75) is 57.7 Å². The first kappa shape index (κ1) is 15.8. The van der Waals surface area contributed by atoms with Gasteiger partial charge >= 0.3 is 5.97 Å². The van der Waals surface area contributed by atoms with E-state index in [-0.39, 0.29) is 11.5 Å². The maximum Gasteiger partial charge on any atom is 0.343 e. The van der Waals surface area contributed by atoms with Gasteiger partial charge in [0.1, 0.15) is 0 Å². The maximum atomic E-state index is 12.4. The van der Waals surface area contributed by atoms with Crippen molar-refractivity contribution in [2.24, 2.45) is 0 Å². The molecule has 0 radical (unpaired) electrons. The molecule has 0 saturated heterocycles. The van der Waals surface area contributed by atoms with E-state index >= 15 is 0 Å². The highest BCUT2D eigenvalue weighted by Gasteiger charge is 2.48. The highest BCUT2D eigenvalue weighted by Crippen LogP contribution is 2.45. The zero-order valence-electron chi connectivity index (χ0n) is 13.3. The van der Waals surface area contributed by atoms with Crippen LogP contribution in [0.15, 0.2) is 24.8 Å². The van der Waals surface area contributed by atoms with E-state index in [2.05, 4.69) is 20.4 Å². The van der Waals surface area contributed by atoms with Crippen molar-refractivity contribution in [3.05, 3.63) is 41.5 Å². The SMILES string of the molecule is C=Cc1ccc2c(c1)C(O)(C(=O)OC(C)C)CCC2(C)C. The highest BCUT2D eigenvalue weighted by molar-refractivity contribution is 5.83. The van der Waals surface area contributed by atoms with Crippen LogP contribution in [0.1, 0.15) is 57.2 Å². The Bertz CT molecular complexity index is 572. The van der Waals surface area contributed by atoms with E-state index in [0.717, 1.165) is 17.5 Å². The first-order chi connectivity index (χ1) is 9.70. The summed E-state index contributed by atoms with van der Waals surface area (Å²) in [5, 5.41) is 11.0. The third-order valence-electron chi connectivity index (χ3n) is 4.25. The standard InChI is InChI=1S/C18H24O3/c1-6-13-7-8-14-15(11-13)18(20,10-9-17(14,4)5)16(19)21-12(2)3/h6-8,11-12,20H,1,9-10H2,2-5H3. The monoisotopic (exact) mass is 288 g/mol. The molecule has 0 heterocycles. The zero-order chi connectivity index (χ0) is 15.8. The van der Waals surface area contributed by atoms with Crippen LogP contribution in [0.3, 0.4) is 0 Å². The van der Waals surface area contributed by atoms with Crippen LogP contribution in [0.5, 0.6) is 0 Å². The van der Waals surface area contributed by atoms with Crippen molar-refractivity contribution < 1.29 is 14.6 Å². The van der Waals surface area contributed by atoms with Crippen molar-refractivity contribution in [3.63, 3.8) is 0 Å². The highest BCUT2D eigenvalue weighted by atomic mass is 16.6. The summed E-state index contributed by atoms with van der Waals surface area (Å²) < 4.78 is 5.28. The number of carbonyl (C=O) groups is 1. The van der Waals surface area contributed by atoms with E-state index in [1.54, 1.807) is 19.9 Å². The normalized spacial score (nSPS) is 23.5. The van der Waals surface area contributed by atoms with E-state index in [9.17, 15) is 9.90 Å². The summed E-state index contributed by atoms with van der Waals surface area (Å²) in [6.45, 7) is 11.6. The second kappa shape index (κ2) is 5.30. The van der Waals surface area contributed by atoms with Gasteiger partial charge in [0.15, 0.2) is 5.60 Å². The van der Waals surface area contributed by atoms with Crippen LogP contribution in [0.2, 0.25) is 0 Å². The lowest BCUT2D eigenvalue weighted by Gasteiger charge is -2.41. The van der Waals surface area contributed by atoms with Crippen molar-refractivity contribution in [1.82, 2.24) is 0 Å². The Morgan fingerprint density at radius 2 is 2.00 bits per heavy atom. The van der Waals surface area contributed by atoms with Crippen LogP contribution in [-0.4, -0.2) is 17.2 Å². The minimum atomic E-state index is -1.56. The predicted molar refractivity (Wildman–Crippen MR) is 83.9 cm³/mol. The Labute approximate surface area is 126 Å². The van der Waals surface area contributed by atoms with E-state index in [4.69, 9.17) is 4.74 Å². The summed E-state index contributed by atoms with van der Waals surface area (Å²) in [5.74, 6) is -0.560. The molecule has 0 spiro atoms. The van der Waals surface area contributed by atoms with E-state index in [1.165, 1.54) is 0 Å². The fourth-order valence-corrected chi connectivity index (χ4v) is 2.91. The van der Waals surface area contributed by atoms with Crippen LogP contribution in [0, 0.1) is 0 Å². The number of rotatable bonds is 3. The second-order valence-corrected chi connectivity index (χ2v) is 6.71. The van der Waals surface area contributed by atoms with Gasteiger partial charge in [0.2, 0.25) is 0 Å². The number of hydrogen-bond acceptors (Lipinski definition) is 3. The Morgan fingerprint density at radius 3 is 2.57 bits per heavy atom. The van der Waals surface area contributed by atoms with E-state index in [0.29, 0.717) is 12.0 Å². The Kier molecular flexibility index (Phi) is 3.98. The van der Waals surface area contributed by atoms with Gasteiger partial charge in [-0.25, -0.2) is 4.79 Å².